The number of aryl methyl sites for hydroxylation is 1. The fourth-order valence-corrected chi connectivity index (χ4v) is 4.53. The second-order valence-electron chi connectivity index (χ2n) is 8.38. The quantitative estimate of drug-likeness (QED) is 0.323. The Morgan fingerprint density at radius 1 is 0.821 bits per heavy atom. The predicted molar refractivity (Wildman–Crippen MR) is 120 cm³/mol. The molecule has 0 saturated heterocycles. The number of benzene rings is 2. The lowest BCUT2D eigenvalue weighted by Crippen LogP contribution is -2.13. The summed E-state index contributed by atoms with van der Waals surface area (Å²) in [7, 11) is 1.74. The lowest BCUT2D eigenvalue weighted by molar-refractivity contribution is 0.185. The number of ether oxygens (including phenoxy) is 1. The van der Waals surface area contributed by atoms with Gasteiger partial charge in [-0.2, -0.15) is 0 Å². The predicted octanol–water partition coefficient (Wildman–Crippen LogP) is 7.60. The third kappa shape index (κ3) is 6.34. The van der Waals surface area contributed by atoms with E-state index in [9.17, 15) is 0 Å². The monoisotopic (exact) mass is 376 g/mol. The van der Waals surface area contributed by atoms with E-state index >= 15 is 0 Å². The third-order valence-corrected chi connectivity index (χ3v) is 6.24. The first kappa shape index (κ1) is 20.9. The van der Waals surface area contributed by atoms with Gasteiger partial charge in [0.05, 0.1) is 6.61 Å². The van der Waals surface area contributed by atoms with Gasteiger partial charge in [0, 0.05) is 7.11 Å². The largest absolute Gasteiger partial charge is 0.380 e. The maximum absolute atomic E-state index is 5.19. The fourth-order valence-electron chi connectivity index (χ4n) is 4.53. The highest BCUT2D eigenvalue weighted by Crippen LogP contribution is 2.32. The third-order valence-electron chi connectivity index (χ3n) is 6.24. The van der Waals surface area contributed by atoms with Crippen molar-refractivity contribution < 1.29 is 4.74 Å². The molecular formula is C27H36O. The highest BCUT2D eigenvalue weighted by molar-refractivity contribution is 5.63. The highest BCUT2D eigenvalue weighted by Gasteiger charge is 2.18. The molecule has 28 heavy (non-hydrogen) atoms. The van der Waals surface area contributed by atoms with Crippen molar-refractivity contribution in [1.29, 1.82) is 0 Å². The molecule has 0 unspecified atom stereocenters. The van der Waals surface area contributed by atoms with Gasteiger partial charge in [-0.15, -0.1) is 0 Å². The average Bonchev–Trinajstić information content (AvgIpc) is 2.74. The van der Waals surface area contributed by atoms with Crippen molar-refractivity contribution in [3.63, 3.8) is 0 Å². The second-order valence-corrected chi connectivity index (χ2v) is 8.38. The van der Waals surface area contributed by atoms with Crippen LogP contribution in [-0.4, -0.2) is 7.11 Å². The van der Waals surface area contributed by atoms with E-state index in [2.05, 4.69) is 67.6 Å². The van der Waals surface area contributed by atoms with Crippen LogP contribution in [0.3, 0.4) is 0 Å². The van der Waals surface area contributed by atoms with Crippen LogP contribution in [0, 0.1) is 11.8 Å². The Labute approximate surface area is 171 Å². The molecule has 0 atom stereocenters. The number of methoxy groups -OCH3 is 1. The molecule has 0 aliphatic heterocycles. The Hall–Kier alpha value is -1.86. The van der Waals surface area contributed by atoms with Crippen LogP contribution in [0.2, 0.25) is 0 Å². The van der Waals surface area contributed by atoms with Crippen LogP contribution in [0.15, 0.2) is 60.7 Å². The summed E-state index contributed by atoms with van der Waals surface area (Å²) in [5, 5.41) is 0. The van der Waals surface area contributed by atoms with Crippen molar-refractivity contribution in [2.45, 2.75) is 64.9 Å². The van der Waals surface area contributed by atoms with Gasteiger partial charge in [0.25, 0.3) is 0 Å². The Morgan fingerprint density at radius 3 is 2.00 bits per heavy atom. The van der Waals surface area contributed by atoms with Gasteiger partial charge in [-0.05, 0) is 79.5 Å². The SMILES string of the molecule is CC=C[C@H]1CC[C@H](CCCCc2ccc(-c3ccc(COC)cc3)cc2)CC1. The summed E-state index contributed by atoms with van der Waals surface area (Å²) in [5.41, 5.74) is 5.26. The summed E-state index contributed by atoms with van der Waals surface area (Å²) in [6.45, 7) is 2.83. The summed E-state index contributed by atoms with van der Waals surface area (Å²) >= 11 is 0. The van der Waals surface area contributed by atoms with Crippen LogP contribution >= 0.6 is 0 Å². The van der Waals surface area contributed by atoms with Gasteiger partial charge in [-0.25, -0.2) is 0 Å². The van der Waals surface area contributed by atoms with Gasteiger partial charge in [-0.3, -0.25) is 0 Å². The summed E-state index contributed by atoms with van der Waals surface area (Å²) < 4.78 is 5.19. The van der Waals surface area contributed by atoms with Gasteiger partial charge in [0.2, 0.25) is 0 Å². The number of rotatable bonds is 9. The molecule has 0 spiro atoms. The average molecular weight is 377 g/mol. The molecule has 0 amide bonds. The molecule has 3 rings (SSSR count). The molecule has 0 heterocycles. The molecule has 150 valence electrons. The van der Waals surface area contributed by atoms with Crippen molar-refractivity contribution in [3.05, 3.63) is 71.8 Å². The van der Waals surface area contributed by atoms with Gasteiger partial charge in [-0.1, -0.05) is 73.5 Å². The summed E-state index contributed by atoms with van der Waals surface area (Å²) in [6, 6.07) is 17.8. The molecule has 0 N–H and O–H groups in total. The Kier molecular flexibility index (Phi) is 8.36. The molecule has 1 saturated carbocycles. The Morgan fingerprint density at radius 2 is 1.43 bits per heavy atom. The van der Waals surface area contributed by atoms with Gasteiger partial charge in [0.15, 0.2) is 0 Å². The number of hydrogen-bond donors (Lipinski definition) is 0. The molecular weight excluding hydrogens is 340 g/mol. The van der Waals surface area contributed by atoms with Crippen LogP contribution in [0.1, 0.15) is 63.0 Å². The van der Waals surface area contributed by atoms with Crippen LogP contribution in [-0.2, 0) is 17.8 Å². The normalized spacial score (nSPS) is 19.9. The maximum atomic E-state index is 5.19. The second kappa shape index (κ2) is 11.2. The van der Waals surface area contributed by atoms with Crippen LogP contribution < -0.4 is 0 Å². The minimum Gasteiger partial charge on any atom is -0.380 e. The number of allylic oxidation sites excluding steroid dienone is 2. The lowest BCUT2D eigenvalue weighted by Gasteiger charge is -2.26. The summed E-state index contributed by atoms with van der Waals surface area (Å²) in [5.74, 6) is 1.83. The minimum absolute atomic E-state index is 0.677. The standard InChI is InChI=1S/C27H36O/c1-3-6-22-9-11-23(12-10-22)7-4-5-8-24-13-17-26(18-14-24)27-19-15-25(16-20-27)21-28-2/h3,6,13-20,22-23H,4-5,7-12,21H2,1-2H3/t22-,23-. The van der Waals surface area contributed by atoms with Crippen molar-refractivity contribution in [2.75, 3.05) is 7.11 Å². The molecule has 2 aromatic carbocycles. The molecule has 0 radical (unpaired) electrons. The van der Waals surface area contributed by atoms with Crippen molar-refractivity contribution in [1.82, 2.24) is 0 Å². The van der Waals surface area contributed by atoms with Gasteiger partial charge < -0.3 is 4.74 Å². The molecule has 2 aromatic rings. The van der Waals surface area contributed by atoms with E-state index in [0.717, 1.165) is 11.8 Å². The van der Waals surface area contributed by atoms with E-state index in [1.54, 1.807) is 7.11 Å². The molecule has 1 aliphatic rings. The number of hydrogen-bond acceptors (Lipinski definition) is 1. The smallest absolute Gasteiger partial charge is 0.0713 e. The first-order valence-corrected chi connectivity index (χ1v) is 11.1. The van der Waals surface area contributed by atoms with Crippen molar-refractivity contribution in [3.8, 4) is 11.1 Å². The molecule has 1 aliphatic carbocycles. The molecule has 1 fully saturated rings. The van der Waals surface area contributed by atoms with E-state index < -0.39 is 0 Å². The first-order chi connectivity index (χ1) is 13.8. The number of unbranched alkanes of at least 4 members (excludes halogenated alkanes) is 1. The zero-order valence-electron chi connectivity index (χ0n) is 17.7. The van der Waals surface area contributed by atoms with E-state index in [1.807, 2.05) is 0 Å². The van der Waals surface area contributed by atoms with E-state index in [-0.39, 0.29) is 0 Å². The van der Waals surface area contributed by atoms with Gasteiger partial charge in [0.1, 0.15) is 0 Å². The molecule has 0 bridgehead atoms. The summed E-state index contributed by atoms with van der Waals surface area (Å²) in [6.07, 6.45) is 15.7. The fraction of sp³-hybridized carbons (Fsp3) is 0.481. The first-order valence-electron chi connectivity index (χ1n) is 11.1. The van der Waals surface area contributed by atoms with Crippen LogP contribution in [0.25, 0.3) is 11.1 Å². The minimum atomic E-state index is 0.677. The zero-order chi connectivity index (χ0) is 19.6. The van der Waals surface area contributed by atoms with E-state index in [0.29, 0.717) is 6.61 Å². The van der Waals surface area contributed by atoms with Crippen molar-refractivity contribution >= 4 is 0 Å². The Balaban J connectivity index is 1.39. The van der Waals surface area contributed by atoms with Gasteiger partial charge >= 0.3 is 0 Å². The highest BCUT2D eigenvalue weighted by atomic mass is 16.5. The summed E-state index contributed by atoms with van der Waals surface area (Å²) in [4.78, 5) is 0. The zero-order valence-corrected chi connectivity index (χ0v) is 17.7. The van der Waals surface area contributed by atoms with Crippen molar-refractivity contribution in [2.24, 2.45) is 11.8 Å². The molecule has 1 heteroatoms. The Bertz CT molecular complexity index is 703. The molecule has 1 nitrogen and oxygen atoms in total. The van der Waals surface area contributed by atoms with E-state index in [4.69, 9.17) is 4.74 Å². The lowest BCUT2D eigenvalue weighted by atomic mass is 9.79. The van der Waals surface area contributed by atoms with Crippen LogP contribution in [0.5, 0.6) is 0 Å². The van der Waals surface area contributed by atoms with E-state index in [1.165, 1.54) is 73.6 Å². The molecule has 0 aromatic heterocycles. The maximum Gasteiger partial charge on any atom is 0.0713 e. The van der Waals surface area contributed by atoms with Crippen LogP contribution in [0.4, 0.5) is 0 Å². The topological polar surface area (TPSA) is 9.23 Å².